The van der Waals surface area contributed by atoms with Crippen LogP contribution < -0.4 is 0 Å². The summed E-state index contributed by atoms with van der Waals surface area (Å²) >= 11 is 0. The van der Waals surface area contributed by atoms with Gasteiger partial charge in [-0.3, -0.25) is 4.79 Å². The molecule has 6 heteroatoms. The largest absolute Gasteiger partial charge is 0.481 e. The summed E-state index contributed by atoms with van der Waals surface area (Å²) in [7, 11) is 0. The minimum atomic E-state index is -0.934. The fourth-order valence-electron chi connectivity index (χ4n) is 0.854. The van der Waals surface area contributed by atoms with Crippen LogP contribution in [0, 0.1) is 0 Å². The van der Waals surface area contributed by atoms with Gasteiger partial charge in [-0.2, -0.15) is 0 Å². The Morgan fingerprint density at radius 3 is 3.00 bits per heavy atom. The van der Waals surface area contributed by atoms with Crippen LogP contribution in [-0.4, -0.2) is 37.8 Å². The predicted molar refractivity (Wildman–Crippen MR) is 38.4 cm³/mol. The van der Waals surface area contributed by atoms with Crippen molar-refractivity contribution in [2.45, 2.75) is 13.0 Å². The van der Waals surface area contributed by atoms with E-state index in [1.165, 1.54) is 10.9 Å². The van der Waals surface area contributed by atoms with Gasteiger partial charge in [-0.15, -0.1) is 5.10 Å². The van der Waals surface area contributed by atoms with Crippen molar-refractivity contribution in [1.29, 1.82) is 0 Å². The van der Waals surface area contributed by atoms with Crippen LogP contribution in [0.5, 0.6) is 0 Å². The Kier molecular flexibility index (Phi) is 2.76. The van der Waals surface area contributed by atoms with Crippen LogP contribution in [0.25, 0.3) is 0 Å². The fourth-order valence-corrected chi connectivity index (χ4v) is 0.854. The third-order valence-corrected chi connectivity index (χ3v) is 1.34. The van der Waals surface area contributed by atoms with Gasteiger partial charge in [-0.1, -0.05) is 5.21 Å². The molecule has 6 nitrogen and oxygen atoms in total. The zero-order valence-corrected chi connectivity index (χ0v) is 6.34. The first-order chi connectivity index (χ1) is 5.74. The summed E-state index contributed by atoms with van der Waals surface area (Å²) in [6.45, 7) is 0.207. The van der Waals surface area contributed by atoms with Gasteiger partial charge in [0.2, 0.25) is 0 Å². The Bertz CT molecular complexity index is 271. The Morgan fingerprint density at radius 1 is 1.67 bits per heavy atom. The predicted octanol–water partition coefficient (Wildman–Crippen LogP) is -1.10. The van der Waals surface area contributed by atoms with Crippen LogP contribution in [0.1, 0.15) is 5.69 Å². The maximum atomic E-state index is 10.3. The van der Waals surface area contributed by atoms with Crippen molar-refractivity contribution in [1.82, 2.24) is 15.0 Å². The van der Waals surface area contributed by atoms with Gasteiger partial charge in [0.05, 0.1) is 31.5 Å². The second-order valence-electron chi connectivity index (χ2n) is 2.24. The van der Waals surface area contributed by atoms with E-state index in [9.17, 15) is 4.79 Å². The third kappa shape index (κ3) is 2.03. The van der Waals surface area contributed by atoms with Crippen molar-refractivity contribution in [3.8, 4) is 0 Å². The topological polar surface area (TPSA) is 88.2 Å². The Balaban J connectivity index is 2.69. The molecule has 0 aliphatic carbocycles. The smallest absolute Gasteiger partial charge is 0.309 e. The molecule has 66 valence electrons. The van der Waals surface area contributed by atoms with Gasteiger partial charge in [0.1, 0.15) is 0 Å². The number of aliphatic hydroxyl groups is 1. The molecule has 1 aromatic rings. The average Bonchev–Trinajstić information content (AvgIpc) is 2.37. The van der Waals surface area contributed by atoms with Crippen LogP contribution in [-0.2, 0) is 17.8 Å². The summed E-state index contributed by atoms with van der Waals surface area (Å²) in [5, 5.41) is 24.1. The molecule has 2 N–H and O–H groups in total. The Hall–Kier alpha value is -1.43. The molecule has 0 fully saturated rings. The van der Waals surface area contributed by atoms with Crippen molar-refractivity contribution in [2.75, 3.05) is 6.61 Å². The highest BCUT2D eigenvalue weighted by molar-refractivity contribution is 5.69. The van der Waals surface area contributed by atoms with E-state index in [1.807, 2.05) is 0 Å². The van der Waals surface area contributed by atoms with Gasteiger partial charge in [-0.05, 0) is 0 Å². The standard InChI is InChI=1S/C6H9N3O3/c10-2-1-9-5(3-6(11)12)4-7-8-9/h4,10H,1-3H2,(H,11,12). The summed E-state index contributed by atoms with van der Waals surface area (Å²) in [5.41, 5.74) is 0.497. The number of hydrogen-bond acceptors (Lipinski definition) is 4. The van der Waals surface area contributed by atoms with Crippen molar-refractivity contribution >= 4 is 5.97 Å². The van der Waals surface area contributed by atoms with E-state index >= 15 is 0 Å². The molecule has 0 radical (unpaired) electrons. The van der Waals surface area contributed by atoms with Gasteiger partial charge in [0, 0.05) is 0 Å². The number of carboxylic acid groups (broad SMARTS) is 1. The zero-order chi connectivity index (χ0) is 8.97. The molecule has 1 rings (SSSR count). The summed E-state index contributed by atoms with van der Waals surface area (Å²) in [4.78, 5) is 10.3. The molecule has 1 aromatic heterocycles. The monoisotopic (exact) mass is 171 g/mol. The van der Waals surface area contributed by atoms with E-state index in [0.29, 0.717) is 5.69 Å². The van der Waals surface area contributed by atoms with E-state index in [1.54, 1.807) is 0 Å². The normalized spacial score (nSPS) is 10.1. The molecule has 0 spiro atoms. The summed E-state index contributed by atoms with van der Waals surface area (Å²) < 4.78 is 1.37. The highest BCUT2D eigenvalue weighted by Crippen LogP contribution is 1.96. The maximum Gasteiger partial charge on any atom is 0.309 e. The molecule has 0 atom stereocenters. The van der Waals surface area contributed by atoms with Crippen molar-refractivity contribution in [2.24, 2.45) is 0 Å². The maximum absolute atomic E-state index is 10.3. The molecule has 0 saturated heterocycles. The number of hydrogen-bond donors (Lipinski definition) is 2. The lowest BCUT2D eigenvalue weighted by atomic mass is 10.3. The third-order valence-electron chi connectivity index (χ3n) is 1.34. The number of aromatic nitrogens is 3. The number of rotatable bonds is 4. The number of aliphatic hydroxyl groups excluding tert-OH is 1. The van der Waals surface area contributed by atoms with Crippen LogP contribution in [0.2, 0.25) is 0 Å². The number of carboxylic acids is 1. The highest BCUT2D eigenvalue weighted by atomic mass is 16.4. The van der Waals surface area contributed by atoms with Crippen molar-refractivity contribution in [3.05, 3.63) is 11.9 Å². The minimum absolute atomic E-state index is 0.0734. The first-order valence-corrected chi connectivity index (χ1v) is 3.44. The fraction of sp³-hybridized carbons (Fsp3) is 0.500. The molecule has 0 aliphatic rings. The second-order valence-corrected chi connectivity index (χ2v) is 2.24. The Labute approximate surface area is 68.4 Å². The van der Waals surface area contributed by atoms with E-state index in [0.717, 1.165) is 0 Å². The van der Waals surface area contributed by atoms with E-state index in [2.05, 4.69) is 10.3 Å². The molecular weight excluding hydrogens is 162 g/mol. The lowest BCUT2D eigenvalue weighted by Gasteiger charge is -1.99. The molecule has 0 aliphatic heterocycles. The summed E-state index contributed by atoms with van der Waals surface area (Å²) in [6, 6.07) is 0. The van der Waals surface area contributed by atoms with Crippen molar-refractivity contribution in [3.63, 3.8) is 0 Å². The van der Waals surface area contributed by atoms with Gasteiger partial charge in [0.15, 0.2) is 0 Å². The van der Waals surface area contributed by atoms with Crippen LogP contribution >= 0.6 is 0 Å². The SMILES string of the molecule is O=C(O)Cc1cnnn1CCO. The van der Waals surface area contributed by atoms with E-state index < -0.39 is 5.97 Å². The van der Waals surface area contributed by atoms with Crippen LogP contribution in [0.3, 0.4) is 0 Å². The quantitative estimate of drug-likeness (QED) is 0.600. The van der Waals surface area contributed by atoms with Gasteiger partial charge in [-0.25, -0.2) is 4.68 Å². The van der Waals surface area contributed by atoms with E-state index in [-0.39, 0.29) is 19.6 Å². The molecule has 12 heavy (non-hydrogen) atoms. The first-order valence-electron chi connectivity index (χ1n) is 3.44. The van der Waals surface area contributed by atoms with Crippen molar-refractivity contribution < 1.29 is 15.0 Å². The van der Waals surface area contributed by atoms with Crippen LogP contribution in [0.4, 0.5) is 0 Å². The molecule has 0 unspecified atom stereocenters. The molecular formula is C6H9N3O3. The number of carbonyl (C=O) groups is 1. The average molecular weight is 171 g/mol. The zero-order valence-electron chi connectivity index (χ0n) is 6.34. The lowest BCUT2D eigenvalue weighted by molar-refractivity contribution is -0.136. The number of nitrogens with zero attached hydrogens (tertiary/aromatic N) is 3. The van der Waals surface area contributed by atoms with Gasteiger partial charge >= 0.3 is 5.97 Å². The lowest BCUT2D eigenvalue weighted by Crippen LogP contribution is -2.11. The minimum Gasteiger partial charge on any atom is -0.481 e. The Morgan fingerprint density at radius 2 is 2.42 bits per heavy atom. The molecule has 0 aromatic carbocycles. The van der Waals surface area contributed by atoms with Gasteiger partial charge < -0.3 is 10.2 Å². The summed E-state index contributed by atoms with van der Waals surface area (Å²) in [6.07, 6.45) is 1.26. The first kappa shape index (κ1) is 8.66. The second kappa shape index (κ2) is 3.82. The van der Waals surface area contributed by atoms with Gasteiger partial charge in [0.25, 0.3) is 0 Å². The van der Waals surface area contributed by atoms with Crippen LogP contribution in [0.15, 0.2) is 6.20 Å². The highest BCUT2D eigenvalue weighted by Gasteiger charge is 2.06. The van der Waals surface area contributed by atoms with E-state index in [4.69, 9.17) is 10.2 Å². The molecule has 0 bridgehead atoms. The molecule has 1 heterocycles. The molecule has 0 saturated carbocycles. The summed E-state index contributed by atoms with van der Waals surface area (Å²) in [5.74, 6) is -0.934. The molecule has 0 amide bonds. The number of aliphatic carboxylic acids is 1.